The van der Waals surface area contributed by atoms with E-state index in [0.29, 0.717) is 5.92 Å². The molecule has 0 aliphatic carbocycles. The average molecular weight is 372 g/mol. The Morgan fingerprint density at radius 1 is 1.04 bits per heavy atom. The van der Waals surface area contributed by atoms with Crippen molar-refractivity contribution in [2.24, 2.45) is 10.9 Å². The highest BCUT2D eigenvalue weighted by Gasteiger charge is 2.20. The maximum absolute atomic E-state index is 5.00. The molecule has 1 saturated heterocycles. The van der Waals surface area contributed by atoms with Gasteiger partial charge in [0.1, 0.15) is 0 Å². The van der Waals surface area contributed by atoms with Crippen molar-refractivity contribution >= 4 is 5.96 Å². The molecule has 1 aromatic carbocycles. The highest BCUT2D eigenvalue weighted by Crippen LogP contribution is 2.18. The van der Waals surface area contributed by atoms with Gasteiger partial charge in [0.15, 0.2) is 5.96 Å². The van der Waals surface area contributed by atoms with Crippen LogP contribution >= 0.6 is 0 Å². The summed E-state index contributed by atoms with van der Waals surface area (Å²) in [4.78, 5) is 12.6. The minimum absolute atomic E-state index is 0.587. The fraction of sp³-hybridized carbons (Fsp3) is 0.682. The zero-order valence-electron chi connectivity index (χ0n) is 17.5. The van der Waals surface area contributed by atoms with Crippen LogP contribution in [0.1, 0.15) is 31.9 Å². The molecule has 27 heavy (non-hydrogen) atoms. The van der Waals surface area contributed by atoms with Crippen molar-refractivity contribution in [3.8, 4) is 0 Å². The number of guanidine groups is 1. The molecule has 150 valence electrons. The number of piperazine rings is 1. The summed E-state index contributed by atoms with van der Waals surface area (Å²) in [6.07, 6.45) is 1.11. The average Bonchev–Trinajstić information content (AvgIpc) is 2.71. The highest BCUT2D eigenvalue weighted by atomic mass is 15.3. The van der Waals surface area contributed by atoms with Crippen LogP contribution in [0.5, 0.6) is 0 Å². The van der Waals surface area contributed by atoms with Crippen molar-refractivity contribution in [1.29, 1.82) is 0 Å². The van der Waals surface area contributed by atoms with Crippen molar-refractivity contribution in [3.05, 3.63) is 35.4 Å². The molecule has 1 unspecified atom stereocenters. The van der Waals surface area contributed by atoms with Crippen LogP contribution in [0.4, 0.5) is 0 Å². The minimum Gasteiger partial charge on any atom is -0.357 e. The molecule has 0 bridgehead atoms. The van der Waals surface area contributed by atoms with Gasteiger partial charge in [-0.15, -0.1) is 0 Å². The van der Waals surface area contributed by atoms with Crippen molar-refractivity contribution in [2.45, 2.75) is 33.7 Å². The minimum atomic E-state index is 0.587. The molecular formula is C22H37N5. The Morgan fingerprint density at radius 3 is 2.44 bits per heavy atom. The van der Waals surface area contributed by atoms with Crippen LogP contribution in [0, 0.1) is 5.92 Å². The van der Waals surface area contributed by atoms with Gasteiger partial charge in [-0.3, -0.25) is 4.99 Å². The van der Waals surface area contributed by atoms with Gasteiger partial charge in [-0.1, -0.05) is 38.1 Å². The zero-order chi connectivity index (χ0) is 19.1. The molecule has 0 amide bonds. The highest BCUT2D eigenvalue weighted by molar-refractivity contribution is 5.80. The van der Waals surface area contributed by atoms with E-state index in [1.807, 2.05) is 0 Å². The van der Waals surface area contributed by atoms with Crippen molar-refractivity contribution < 1.29 is 0 Å². The molecule has 2 aliphatic rings. The Morgan fingerprint density at radius 2 is 1.74 bits per heavy atom. The van der Waals surface area contributed by atoms with E-state index in [2.05, 4.69) is 65.1 Å². The van der Waals surface area contributed by atoms with E-state index in [4.69, 9.17) is 4.99 Å². The Bertz CT molecular complexity index is 606. The summed E-state index contributed by atoms with van der Waals surface area (Å²) in [5.41, 5.74) is 2.93. The Labute approximate surface area is 165 Å². The van der Waals surface area contributed by atoms with Gasteiger partial charge < -0.3 is 20.0 Å². The Hall–Kier alpha value is -1.59. The number of benzene rings is 1. The summed E-state index contributed by atoms with van der Waals surface area (Å²) < 4.78 is 0. The fourth-order valence-electron chi connectivity index (χ4n) is 4.13. The number of aliphatic imine (C=N–C) groups is 1. The summed E-state index contributed by atoms with van der Waals surface area (Å²) in [5, 5.41) is 3.51. The number of rotatable bonds is 6. The molecule has 3 rings (SSSR count). The molecule has 5 nitrogen and oxygen atoms in total. The number of hydrogen-bond donors (Lipinski definition) is 1. The summed E-state index contributed by atoms with van der Waals surface area (Å²) >= 11 is 0. The predicted molar refractivity (Wildman–Crippen MR) is 114 cm³/mol. The number of fused-ring (bicyclic) bond motifs is 1. The number of hydrogen-bond acceptors (Lipinski definition) is 3. The van der Waals surface area contributed by atoms with E-state index in [1.165, 1.54) is 43.9 Å². The van der Waals surface area contributed by atoms with Crippen LogP contribution in [0.15, 0.2) is 29.3 Å². The van der Waals surface area contributed by atoms with Gasteiger partial charge in [-0.05, 0) is 36.9 Å². The fourth-order valence-corrected chi connectivity index (χ4v) is 4.13. The molecular weight excluding hydrogens is 334 g/mol. The monoisotopic (exact) mass is 371 g/mol. The van der Waals surface area contributed by atoms with Gasteiger partial charge in [0.2, 0.25) is 0 Å². The van der Waals surface area contributed by atoms with Gasteiger partial charge in [0, 0.05) is 58.9 Å². The Balaban J connectivity index is 1.53. The molecule has 2 heterocycles. The lowest BCUT2D eigenvalue weighted by Crippen LogP contribution is -2.47. The first-order valence-electron chi connectivity index (χ1n) is 10.7. The lowest BCUT2D eigenvalue weighted by Gasteiger charge is -2.35. The normalized spacial score (nSPS) is 20.4. The first kappa shape index (κ1) is 20.2. The number of nitrogens with zero attached hydrogens (tertiary/aromatic N) is 4. The van der Waals surface area contributed by atoms with Crippen LogP contribution in [-0.4, -0.2) is 79.6 Å². The molecule has 1 atom stereocenters. The largest absolute Gasteiger partial charge is 0.357 e. The lowest BCUT2D eigenvalue weighted by molar-refractivity contribution is 0.125. The van der Waals surface area contributed by atoms with Crippen LogP contribution in [0.2, 0.25) is 0 Å². The van der Waals surface area contributed by atoms with Crippen molar-refractivity contribution in [1.82, 2.24) is 20.0 Å². The zero-order valence-corrected chi connectivity index (χ0v) is 17.5. The first-order valence-corrected chi connectivity index (χ1v) is 10.7. The smallest absolute Gasteiger partial charge is 0.194 e. The standard InChI is InChI=1S/C22H37N5/c1-4-23-22(27-11-10-20-8-6-7-9-21(20)18-27)24-16-19(3)17-26-14-12-25(5-2)13-15-26/h6-9,19H,4-5,10-18H2,1-3H3,(H,23,24). The predicted octanol–water partition coefficient (Wildman–Crippen LogP) is 2.28. The second kappa shape index (κ2) is 10.1. The van der Waals surface area contributed by atoms with E-state index in [-0.39, 0.29) is 0 Å². The molecule has 0 saturated carbocycles. The molecule has 5 heteroatoms. The summed E-state index contributed by atoms with van der Waals surface area (Å²) in [5.74, 6) is 1.67. The first-order chi connectivity index (χ1) is 13.2. The van der Waals surface area contributed by atoms with Crippen LogP contribution in [0.3, 0.4) is 0 Å². The second-order valence-electron chi connectivity index (χ2n) is 7.97. The number of nitrogens with one attached hydrogen (secondary N) is 1. The maximum Gasteiger partial charge on any atom is 0.194 e. The molecule has 1 fully saturated rings. The van der Waals surface area contributed by atoms with Gasteiger partial charge in [0.25, 0.3) is 0 Å². The van der Waals surface area contributed by atoms with Gasteiger partial charge in [-0.25, -0.2) is 0 Å². The summed E-state index contributed by atoms with van der Waals surface area (Å²) in [6.45, 7) is 17.7. The Kier molecular flexibility index (Phi) is 7.53. The SMILES string of the molecule is CCNC(=NCC(C)CN1CCN(CC)CC1)N1CCc2ccccc2C1. The van der Waals surface area contributed by atoms with E-state index in [1.54, 1.807) is 0 Å². The summed E-state index contributed by atoms with van der Waals surface area (Å²) in [6, 6.07) is 8.81. The van der Waals surface area contributed by atoms with Gasteiger partial charge in [0.05, 0.1) is 0 Å². The van der Waals surface area contributed by atoms with Crippen LogP contribution < -0.4 is 5.32 Å². The quantitative estimate of drug-likeness (QED) is 0.615. The lowest BCUT2D eigenvalue weighted by atomic mass is 10.0. The molecule has 0 aromatic heterocycles. The molecule has 1 N–H and O–H groups in total. The third-order valence-electron chi connectivity index (χ3n) is 5.80. The van der Waals surface area contributed by atoms with Crippen LogP contribution in [0.25, 0.3) is 0 Å². The molecule has 2 aliphatic heterocycles. The van der Waals surface area contributed by atoms with E-state index in [0.717, 1.165) is 45.1 Å². The maximum atomic E-state index is 5.00. The van der Waals surface area contributed by atoms with Crippen LogP contribution in [-0.2, 0) is 13.0 Å². The molecule has 1 aromatic rings. The summed E-state index contributed by atoms with van der Waals surface area (Å²) in [7, 11) is 0. The third-order valence-corrected chi connectivity index (χ3v) is 5.80. The van der Waals surface area contributed by atoms with E-state index in [9.17, 15) is 0 Å². The van der Waals surface area contributed by atoms with Crippen molar-refractivity contribution in [2.75, 3.05) is 58.9 Å². The second-order valence-corrected chi connectivity index (χ2v) is 7.97. The molecule has 0 radical (unpaired) electrons. The van der Waals surface area contributed by atoms with Gasteiger partial charge in [-0.2, -0.15) is 0 Å². The third kappa shape index (κ3) is 5.69. The topological polar surface area (TPSA) is 34.1 Å². The molecule has 0 spiro atoms. The van der Waals surface area contributed by atoms with Gasteiger partial charge >= 0.3 is 0 Å². The van der Waals surface area contributed by atoms with E-state index < -0.39 is 0 Å². The van der Waals surface area contributed by atoms with E-state index >= 15 is 0 Å². The van der Waals surface area contributed by atoms with Crippen molar-refractivity contribution in [3.63, 3.8) is 0 Å². The number of likely N-dealkylation sites (N-methyl/N-ethyl adjacent to an activating group) is 1.